The smallest absolute Gasteiger partial charge is 0.339 e. The van der Waals surface area contributed by atoms with Crippen molar-refractivity contribution >= 4 is 29.7 Å². The minimum atomic E-state index is -0.536. The van der Waals surface area contributed by atoms with Gasteiger partial charge in [-0.2, -0.15) is 5.10 Å². The van der Waals surface area contributed by atoms with Gasteiger partial charge in [0.05, 0.1) is 31.0 Å². The summed E-state index contributed by atoms with van der Waals surface area (Å²) in [7, 11) is 2.84. The minimum absolute atomic E-state index is 0.241. The van der Waals surface area contributed by atoms with E-state index in [0.717, 1.165) is 0 Å². The van der Waals surface area contributed by atoms with Crippen molar-refractivity contribution in [2.75, 3.05) is 14.2 Å². The lowest BCUT2D eigenvalue weighted by atomic mass is 10.1. The Labute approximate surface area is 171 Å². The molecule has 0 aliphatic carbocycles. The number of benzene rings is 2. The molecule has 1 N–H and O–H groups in total. The van der Waals surface area contributed by atoms with Crippen molar-refractivity contribution in [2.24, 2.45) is 5.10 Å². The topological polar surface area (TPSA) is 90.1 Å². The fourth-order valence-electron chi connectivity index (χ4n) is 2.48. The van der Waals surface area contributed by atoms with Crippen molar-refractivity contribution in [2.45, 2.75) is 0 Å². The average molecular weight is 413 g/mol. The summed E-state index contributed by atoms with van der Waals surface area (Å²) >= 11 is 6.03. The third-order valence-corrected chi connectivity index (χ3v) is 4.32. The van der Waals surface area contributed by atoms with Gasteiger partial charge in [0, 0.05) is 11.1 Å². The van der Waals surface area contributed by atoms with Gasteiger partial charge in [-0.3, -0.25) is 4.79 Å². The number of esters is 1. The highest BCUT2D eigenvalue weighted by molar-refractivity contribution is 6.33. The number of nitrogens with one attached hydrogen (secondary N) is 1. The van der Waals surface area contributed by atoms with Gasteiger partial charge in [-0.1, -0.05) is 11.6 Å². The van der Waals surface area contributed by atoms with Gasteiger partial charge in [-0.15, -0.1) is 0 Å². The molecule has 2 aromatic carbocycles. The fraction of sp³-hybridized carbons (Fsp3) is 0.0952. The van der Waals surface area contributed by atoms with Crippen LogP contribution in [0.2, 0.25) is 5.02 Å². The number of furan rings is 1. The van der Waals surface area contributed by atoms with Crippen LogP contribution in [0.4, 0.5) is 0 Å². The molecule has 0 saturated heterocycles. The molecule has 0 bridgehead atoms. The van der Waals surface area contributed by atoms with Crippen LogP contribution in [0.25, 0.3) is 11.3 Å². The largest absolute Gasteiger partial charge is 0.497 e. The number of rotatable bonds is 6. The van der Waals surface area contributed by atoms with Crippen molar-refractivity contribution < 1.29 is 23.5 Å². The van der Waals surface area contributed by atoms with E-state index in [1.807, 2.05) is 0 Å². The summed E-state index contributed by atoms with van der Waals surface area (Å²) in [5, 5.41) is 4.18. The zero-order chi connectivity index (χ0) is 20.8. The van der Waals surface area contributed by atoms with Gasteiger partial charge in [0.15, 0.2) is 0 Å². The first-order valence-corrected chi connectivity index (χ1v) is 8.85. The van der Waals surface area contributed by atoms with E-state index in [1.54, 1.807) is 61.7 Å². The van der Waals surface area contributed by atoms with Crippen LogP contribution in [-0.2, 0) is 4.74 Å². The first-order chi connectivity index (χ1) is 14.0. The van der Waals surface area contributed by atoms with Crippen LogP contribution >= 0.6 is 11.6 Å². The molecule has 0 unspecified atom stereocenters. The Balaban J connectivity index is 1.68. The molecule has 0 aliphatic heterocycles. The van der Waals surface area contributed by atoms with Crippen molar-refractivity contribution in [3.05, 3.63) is 76.5 Å². The van der Waals surface area contributed by atoms with E-state index in [1.165, 1.54) is 13.3 Å². The van der Waals surface area contributed by atoms with Crippen molar-refractivity contribution in [3.8, 4) is 17.1 Å². The Bertz CT molecular complexity index is 1060. The van der Waals surface area contributed by atoms with Crippen molar-refractivity contribution in [1.29, 1.82) is 0 Å². The zero-order valence-electron chi connectivity index (χ0n) is 15.6. The molecule has 148 valence electrons. The Hall–Kier alpha value is -3.58. The molecule has 0 spiro atoms. The third kappa shape index (κ3) is 4.83. The number of hydrazone groups is 1. The molecular weight excluding hydrogens is 396 g/mol. The first kappa shape index (κ1) is 20.2. The Morgan fingerprint density at radius 3 is 2.52 bits per heavy atom. The molecule has 8 heteroatoms. The molecule has 7 nitrogen and oxygen atoms in total. The highest BCUT2D eigenvalue weighted by Crippen LogP contribution is 2.27. The monoisotopic (exact) mass is 412 g/mol. The van der Waals surface area contributed by atoms with Crippen LogP contribution in [-0.4, -0.2) is 32.3 Å². The van der Waals surface area contributed by atoms with Gasteiger partial charge in [0.1, 0.15) is 17.3 Å². The van der Waals surface area contributed by atoms with E-state index >= 15 is 0 Å². The van der Waals surface area contributed by atoms with E-state index in [2.05, 4.69) is 10.5 Å². The summed E-state index contributed by atoms with van der Waals surface area (Å²) in [5.41, 5.74) is 3.76. The Morgan fingerprint density at radius 1 is 1.07 bits per heavy atom. The number of hydrogen-bond acceptors (Lipinski definition) is 6. The third-order valence-electron chi connectivity index (χ3n) is 3.99. The number of nitrogens with zero attached hydrogens (tertiary/aromatic N) is 1. The molecule has 0 aliphatic rings. The number of hydrogen-bond donors (Lipinski definition) is 1. The molecule has 29 heavy (non-hydrogen) atoms. The predicted molar refractivity (Wildman–Crippen MR) is 109 cm³/mol. The molecule has 3 rings (SSSR count). The summed E-state index contributed by atoms with van der Waals surface area (Å²) in [6, 6.07) is 14.9. The summed E-state index contributed by atoms with van der Waals surface area (Å²) in [6.07, 6.45) is 1.38. The SMILES string of the molecule is COC(=O)c1cc(-c2ccc(/C=N/NC(=O)c3ccc(OC)cc3)o2)ccc1Cl. The molecule has 1 amide bonds. The van der Waals surface area contributed by atoms with E-state index in [-0.39, 0.29) is 16.5 Å². The number of carbonyl (C=O) groups excluding carboxylic acids is 2. The quantitative estimate of drug-likeness (QED) is 0.373. The lowest BCUT2D eigenvalue weighted by Crippen LogP contribution is -2.17. The van der Waals surface area contributed by atoms with Gasteiger partial charge in [-0.25, -0.2) is 10.2 Å². The number of halogens is 1. The molecule has 0 fully saturated rings. The number of methoxy groups -OCH3 is 2. The number of amides is 1. The second-order valence-electron chi connectivity index (χ2n) is 5.82. The van der Waals surface area contributed by atoms with Gasteiger partial charge in [0.2, 0.25) is 0 Å². The molecule has 1 aromatic heterocycles. The molecule has 0 atom stereocenters. The van der Waals surface area contributed by atoms with Crippen LogP contribution in [0, 0.1) is 0 Å². The summed E-state index contributed by atoms with van der Waals surface area (Å²) in [4.78, 5) is 23.8. The second-order valence-corrected chi connectivity index (χ2v) is 6.22. The highest BCUT2D eigenvalue weighted by Gasteiger charge is 2.13. The van der Waals surface area contributed by atoms with Gasteiger partial charge < -0.3 is 13.9 Å². The lowest BCUT2D eigenvalue weighted by molar-refractivity contribution is 0.0601. The van der Waals surface area contributed by atoms with E-state index in [9.17, 15) is 9.59 Å². The van der Waals surface area contributed by atoms with Gasteiger partial charge in [-0.05, 0) is 54.6 Å². The number of ether oxygens (including phenoxy) is 2. The molecule has 0 saturated carbocycles. The van der Waals surface area contributed by atoms with E-state index in [0.29, 0.717) is 28.4 Å². The number of carbonyl (C=O) groups is 2. The second kappa shape index (κ2) is 9.07. The fourth-order valence-corrected chi connectivity index (χ4v) is 2.68. The lowest BCUT2D eigenvalue weighted by Gasteiger charge is -2.04. The summed E-state index contributed by atoms with van der Waals surface area (Å²) < 4.78 is 15.5. The maximum Gasteiger partial charge on any atom is 0.339 e. The summed E-state index contributed by atoms with van der Waals surface area (Å²) in [6.45, 7) is 0. The van der Waals surface area contributed by atoms with Crippen molar-refractivity contribution in [1.82, 2.24) is 5.43 Å². The molecule has 3 aromatic rings. The Kier molecular flexibility index (Phi) is 6.31. The maximum absolute atomic E-state index is 12.1. The van der Waals surface area contributed by atoms with Crippen LogP contribution in [0.5, 0.6) is 5.75 Å². The maximum atomic E-state index is 12.1. The minimum Gasteiger partial charge on any atom is -0.497 e. The predicted octanol–water partition coefficient (Wildman–Crippen LogP) is 4.16. The van der Waals surface area contributed by atoms with E-state index < -0.39 is 5.97 Å². The Morgan fingerprint density at radius 2 is 1.83 bits per heavy atom. The standard InChI is InChI=1S/C21H17ClN2O5/c1-27-15-6-3-13(4-7-15)20(25)24-23-12-16-8-10-19(29-16)14-5-9-18(22)17(11-14)21(26)28-2/h3-12H,1-2H3,(H,24,25)/b23-12+. The molecule has 1 heterocycles. The van der Waals surface area contributed by atoms with Crippen LogP contribution < -0.4 is 10.2 Å². The van der Waals surface area contributed by atoms with Crippen molar-refractivity contribution in [3.63, 3.8) is 0 Å². The molecule has 0 radical (unpaired) electrons. The zero-order valence-corrected chi connectivity index (χ0v) is 16.4. The highest BCUT2D eigenvalue weighted by atomic mass is 35.5. The van der Waals surface area contributed by atoms with Crippen LogP contribution in [0.1, 0.15) is 26.5 Å². The van der Waals surface area contributed by atoms with Gasteiger partial charge in [0.25, 0.3) is 5.91 Å². The first-order valence-electron chi connectivity index (χ1n) is 8.47. The van der Waals surface area contributed by atoms with Gasteiger partial charge >= 0.3 is 5.97 Å². The average Bonchev–Trinajstić information content (AvgIpc) is 3.22. The van der Waals surface area contributed by atoms with Crippen LogP contribution in [0.15, 0.2) is 64.1 Å². The van der Waals surface area contributed by atoms with Crippen LogP contribution in [0.3, 0.4) is 0 Å². The summed E-state index contributed by atoms with van der Waals surface area (Å²) in [5.74, 6) is 0.688. The normalized spacial score (nSPS) is 10.7. The molecular formula is C21H17ClN2O5. The van der Waals surface area contributed by atoms with E-state index in [4.69, 9.17) is 25.5 Å².